The van der Waals surface area contributed by atoms with Gasteiger partial charge in [-0.15, -0.1) is 0 Å². The number of nitrogens with zero attached hydrogens (tertiary/aromatic N) is 4. The van der Waals surface area contributed by atoms with E-state index in [1.54, 1.807) is 25.1 Å². The van der Waals surface area contributed by atoms with Gasteiger partial charge in [0.05, 0.1) is 36.5 Å². The number of pyridine rings is 2. The lowest BCUT2D eigenvalue weighted by Crippen LogP contribution is -2.23. The van der Waals surface area contributed by atoms with Crippen molar-refractivity contribution < 1.29 is 22.3 Å². The predicted octanol–water partition coefficient (Wildman–Crippen LogP) is 7.51. The molecule has 4 rings (SSSR count). The molecular formula is C29H22F4N4O. The number of halogens is 4. The summed E-state index contributed by atoms with van der Waals surface area (Å²) in [7, 11) is 1.43. The highest BCUT2D eigenvalue weighted by Gasteiger charge is 2.31. The van der Waals surface area contributed by atoms with Crippen LogP contribution >= 0.6 is 0 Å². The van der Waals surface area contributed by atoms with Crippen molar-refractivity contribution in [1.82, 2.24) is 9.97 Å². The van der Waals surface area contributed by atoms with Gasteiger partial charge in [0.1, 0.15) is 34.9 Å². The van der Waals surface area contributed by atoms with E-state index in [0.717, 1.165) is 11.6 Å². The van der Waals surface area contributed by atoms with Gasteiger partial charge in [-0.1, -0.05) is 0 Å². The molecule has 0 saturated heterocycles. The van der Waals surface area contributed by atoms with Crippen molar-refractivity contribution in [3.8, 4) is 23.1 Å². The number of nitriles is 1. The second kappa shape index (κ2) is 10.1. The molecule has 0 fully saturated rings. The maximum absolute atomic E-state index is 15.0. The lowest BCUT2D eigenvalue weighted by Gasteiger charge is -2.26. The van der Waals surface area contributed by atoms with E-state index in [1.165, 1.54) is 25.3 Å². The number of hydrogen-bond acceptors (Lipinski definition) is 4. The average molecular weight is 519 g/mol. The van der Waals surface area contributed by atoms with Gasteiger partial charge < -0.3 is 4.74 Å². The first-order valence-corrected chi connectivity index (χ1v) is 11.6. The normalized spacial score (nSPS) is 13.8. The Morgan fingerprint density at radius 2 is 1.68 bits per heavy atom. The fourth-order valence-corrected chi connectivity index (χ4v) is 4.28. The molecule has 5 nitrogen and oxygen atoms in total. The summed E-state index contributed by atoms with van der Waals surface area (Å²) in [5.41, 5.74) is -0.125. The van der Waals surface area contributed by atoms with Gasteiger partial charge in [0.2, 0.25) is 0 Å². The van der Waals surface area contributed by atoms with Crippen LogP contribution < -0.4 is 4.74 Å². The first kappa shape index (κ1) is 26.6. The molecule has 38 heavy (non-hydrogen) atoms. The summed E-state index contributed by atoms with van der Waals surface area (Å²) >= 11 is 0. The Kier molecular flexibility index (Phi) is 7.06. The number of ether oxygens (including phenoxy) is 1. The third-order valence-corrected chi connectivity index (χ3v) is 6.51. The van der Waals surface area contributed by atoms with Crippen molar-refractivity contribution in [2.75, 3.05) is 7.11 Å². The van der Waals surface area contributed by atoms with Gasteiger partial charge in [-0.05, 0) is 63.4 Å². The molecule has 3 aromatic rings. The molecule has 0 radical (unpaired) electrons. The minimum atomic E-state index is -1.04. The standard InChI is InChI=1S/C29H22F4N4O/c1-15-10-22(18-7-9-21(31)28(35-4)27(18)33)36-24(11-15)29(2,3)25-13-16(38-5)12-23(37-25)17-6-8-20(30)19(14-34)26(17)32/h6,8,10-13H,7,9H2,1-3,5H3. The third-order valence-electron chi connectivity index (χ3n) is 6.51. The zero-order chi connectivity index (χ0) is 27.8. The highest BCUT2D eigenvalue weighted by molar-refractivity contribution is 5.72. The lowest BCUT2D eigenvalue weighted by atomic mass is 9.83. The van der Waals surface area contributed by atoms with Crippen LogP contribution in [-0.4, -0.2) is 17.1 Å². The minimum absolute atomic E-state index is 0.0552. The van der Waals surface area contributed by atoms with Crippen LogP contribution in [0.25, 0.3) is 21.7 Å². The van der Waals surface area contributed by atoms with Crippen LogP contribution in [0.5, 0.6) is 5.75 Å². The molecule has 192 valence electrons. The number of aryl methyl sites for hydroxylation is 1. The fraction of sp³-hybridized carbons (Fsp3) is 0.241. The quantitative estimate of drug-likeness (QED) is 0.259. The summed E-state index contributed by atoms with van der Waals surface area (Å²) in [5, 5.41) is 9.18. The molecule has 0 unspecified atom stereocenters. The van der Waals surface area contributed by atoms with E-state index < -0.39 is 40.0 Å². The molecule has 2 heterocycles. The van der Waals surface area contributed by atoms with Gasteiger partial charge in [-0.3, -0.25) is 9.97 Å². The summed E-state index contributed by atoms with van der Waals surface area (Å²) in [6.07, 6.45) is -0.0385. The summed E-state index contributed by atoms with van der Waals surface area (Å²) < 4.78 is 63.3. The summed E-state index contributed by atoms with van der Waals surface area (Å²) in [5.74, 6) is -3.38. The molecular weight excluding hydrogens is 496 g/mol. The van der Waals surface area contributed by atoms with Crippen molar-refractivity contribution in [3.63, 3.8) is 0 Å². The molecule has 0 bridgehead atoms. The summed E-state index contributed by atoms with van der Waals surface area (Å²) in [6, 6.07) is 10.3. The average Bonchev–Trinajstić information content (AvgIpc) is 2.88. The zero-order valence-corrected chi connectivity index (χ0v) is 21.1. The van der Waals surface area contributed by atoms with Crippen molar-refractivity contribution in [2.45, 2.75) is 39.0 Å². The van der Waals surface area contributed by atoms with Crippen LogP contribution in [0.1, 0.15) is 54.9 Å². The van der Waals surface area contributed by atoms with Crippen molar-refractivity contribution >= 4 is 5.57 Å². The second-order valence-corrected chi connectivity index (χ2v) is 9.37. The zero-order valence-electron chi connectivity index (χ0n) is 21.1. The predicted molar refractivity (Wildman–Crippen MR) is 134 cm³/mol. The van der Waals surface area contributed by atoms with Crippen LogP contribution in [0.3, 0.4) is 0 Å². The Morgan fingerprint density at radius 1 is 1.00 bits per heavy atom. The van der Waals surface area contributed by atoms with Gasteiger partial charge in [0.15, 0.2) is 5.82 Å². The van der Waals surface area contributed by atoms with E-state index in [1.807, 2.05) is 13.8 Å². The van der Waals surface area contributed by atoms with Gasteiger partial charge in [-0.2, -0.15) is 5.26 Å². The highest BCUT2D eigenvalue weighted by Crippen LogP contribution is 2.40. The van der Waals surface area contributed by atoms with Gasteiger partial charge >= 0.3 is 0 Å². The number of aromatic nitrogens is 2. The summed E-state index contributed by atoms with van der Waals surface area (Å²) in [6.45, 7) is 12.6. The van der Waals surface area contributed by atoms with Crippen LogP contribution in [0.4, 0.5) is 17.6 Å². The van der Waals surface area contributed by atoms with E-state index in [0.29, 0.717) is 17.1 Å². The highest BCUT2D eigenvalue weighted by atomic mass is 19.1. The Bertz CT molecular complexity index is 1610. The first-order valence-electron chi connectivity index (χ1n) is 11.6. The number of rotatable bonds is 5. The van der Waals surface area contributed by atoms with E-state index >= 15 is 4.39 Å². The Labute approximate surface area is 217 Å². The molecule has 0 atom stereocenters. The molecule has 1 aliphatic carbocycles. The molecule has 0 N–H and O–H groups in total. The van der Waals surface area contributed by atoms with E-state index in [-0.39, 0.29) is 35.4 Å². The third kappa shape index (κ3) is 4.64. The molecule has 0 amide bonds. The molecule has 9 heteroatoms. The van der Waals surface area contributed by atoms with Crippen LogP contribution in [0.15, 0.2) is 53.7 Å². The fourth-order valence-electron chi connectivity index (χ4n) is 4.28. The maximum atomic E-state index is 15.0. The largest absolute Gasteiger partial charge is 0.497 e. The Balaban J connectivity index is 1.87. The Morgan fingerprint density at radius 3 is 2.34 bits per heavy atom. The number of allylic oxidation sites excluding steroid dienone is 3. The van der Waals surface area contributed by atoms with E-state index in [2.05, 4.69) is 14.8 Å². The van der Waals surface area contributed by atoms with E-state index in [4.69, 9.17) is 11.3 Å². The van der Waals surface area contributed by atoms with Crippen LogP contribution in [0.2, 0.25) is 0 Å². The number of benzene rings is 1. The molecule has 2 aromatic heterocycles. The van der Waals surface area contributed by atoms with Crippen LogP contribution in [0, 0.1) is 36.5 Å². The van der Waals surface area contributed by atoms with Gasteiger partial charge in [-0.25, -0.2) is 22.4 Å². The monoisotopic (exact) mass is 518 g/mol. The molecule has 0 spiro atoms. The SMILES string of the molecule is [C-]#[N+]C1=C(F)CCC(c2cc(C)cc(C(C)(C)c3cc(OC)cc(-c4ccc(F)c(C#N)c4F)n3)n2)=C1F. The molecule has 1 aliphatic rings. The topological polar surface area (TPSA) is 63.2 Å². The number of hydrogen-bond donors (Lipinski definition) is 0. The van der Waals surface area contributed by atoms with Crippen LogP contribution in [-0.2, 0) is 5.41 Å². The smallest absolute Gasteiger partial charge is 0.253 e. The maximum Gasteiger partial charge on any atom is 0.253 e. The van der Waals surface area contributed by atoms with Crippen molar-refractivity contribution in [3.05, 3.63) is 105 Å². The van der Waals surface area contributed by atoms with Gasteiger partial charge in [0.25, 0.3) is 5.70 Å². The Hall–Kier alpha value is -4.50. The lowest BCUT2D eigenvalue weighted by molar-refractivity contribution is 0.412. The van der Waals surface area contributed by atoms with Gasteiger partial charge in [0, 0.05) is 28.7 Å². The number of methoxy groups -OCH3 is 1. The van der Waals surface area contributed by atoms with Crippen molar-refractivity contribution in [2.24, 2.45) is 0 Å². The molecule has 0 saturated carbocycles. The molecule has 1 aromatic carbocycles. The molecule has 0 aliphatic heterocycles. The first-order chi connectivity index (χ1) is 18.0. The summed E-state index contributed by atoms with van der Waals surface area (Å²) in [4.78, 5) is 12.3. The second-order valence-electron chi connectivity index (χ2n) is 9.37. The van der Waals surface area contributed by atoms with E-state index in [9.17, 15) is 18.4 Å². The van der Waals surface area contributed by atoms with Crippen molar-refractivity contribution in [1.29, 1.82) is 5.26 Å². The minimum Gasteiger partial charge on any atom is -0.497 e.